The predicted molar refractivity (Wildman–Crippen MR) is 103 cm³/mol. The largest absolute Gasteiger partial charge is 0.378 e. The van der Waals surface area contributed by atoms with Crippen molar-refractivity contribution in [3.8, 4) is 0 Å². The number of hydrogen-bond acceptors (Lipinski definition) is 3. The van der Waals surface area contributed by atoms with E-state index in [0.29, 0.717) is 30.4 Å². The highest BCUT2D eigenvalue weighted by Gasteiger charge is 2.32. The topological polar surface area (TPSA) is 32.8 Å². The van der Waals surface area contributed by atoms with E-state index in [1.807, 2.05) is 11.0 Å². The molecule has 1 aromatic rings. The van der Waals surface area contributed by atoms with Crippen LogP contribution in [0.3, 0.4) is 0 Å². The number of carbonyl (C=O) groups is 1. The molecule has 1 amide bonds. The highest BCUT2D eigenvalue weighted by atomic mass is 127. The third-order valence-corrected chi connectivity index (χ3v) is 7.06. The summed E-state index contributed by atoms with van der Waals surface area (Å²) in [4.78, 5) is 17.3. The summed E-state index contributed by atoms with van der Waals surface area (Å²) in [6.07, 6.45) is 6.52. The molecule has 0 spiro atoms. The van der Waals surface area contributed by atoms with E-state index in [1.165, 1.54) is 36.8 Å². The molecule has 2 fully saturated rings. The molecule has 24 heavy (non-hydrogen) atoms. The summed E-state index contributed by atoms with van der Waals surface area (Å²) < 4.78 is 5.80. The van der Waals surface area contributed by atoms with E-state index in [0.717, 1.165) is 24.6 Å². The van der Waals surface area contributed by atoms with Crippen molar-refractivity contribution in [3.63, 3.8) is 0 Å². The molecule has 2 aliphatic heterocycles. The quantitative estimate of drug-likeness (QED) is 0.402. The lowest BCUT2D eigenvalue weighted by atomic mass is 9.95. The van der Waals surface area contributed by atoms with Gasteiger partial charge in [-0.25, -0.2) is 0 Å². The van der Waals surface area contributed by atoms with Crippen molar-refractivity contribution in [1.82, 2.24) is 9.80 Å². The maximum absolute atomic E-state index is 12.7. The van der Waals surface area contributed by atoms with Gasteiger partial charge >= 0.3 is 0 Å². The second-order valence-electron chi connectivity index (χ2n) is 7.08. The highest BCUT2D eigenvalue weighted by Crippen LogP contribution is 2.40. The fraction of sp³-hybridized carbons (Fsp3) is 0.632. The summed E-state index contributed by atoms with van der Waals surface area (Å²) in [7, 11) is 0. The number of morpholine rings is 1. The van der Waals surface area contributed by atoms with Crippen molar-refractivity contribution in [3.05, 3.63) is 34.9 Å². The number of fused-ring (bicyclic) bond motifs is 1. The number of carbonyl (C=O) groups excluding carboxylic acids is 1. The van der Waals surface area contributed by atoms with Gasteiger partial charge in [0, 0.05) is 31.2 Å². The highest BCUT2D eigenvalue weighted by molar-refractivity contribution is 14.1. The third-order valence-electron chi connectivity index (χ3n) is 5.67. The molecule has 0 N–H and O–H groups in total. The molecule has 130 valence electrons. The average molecular weight is 440 g/mol. The number of alkyl halides is 1. The third kappa shape index (κ3) is 3.22. The van der Waals surface area contributed by atoms with Crippen LogP contribution in [-0.2, 0) is 11.2 Å². The molecular formula is C19H25IN2O2. The van der Waals surface area contributed by atoms with Gasteiger partial charge in [0.05, 0.1) is 17.3 Å². The van der Waals surface area contributed by atoms with Crippen LogP contribution in [0.15, 0.2) is 18.2 Å². The number of ether oxygens (including phenoxy) is 1. The number of halogens is 1. The zero-order chi connectivity index (χ0) is 16.5. The number of benzene rings is 1. The van der Waals surface area contributed by atoms with Gasteiger partial charge in [-0.05, 0) is 42.5 Å². The van der Waals surface area contributed by atoms with Crippen LogP contribution in [0.5, 0.6) is 0 Å². The lowest BCUT2D eigenvalue weighted by Crippen LogP contribution is -2.41. The molecule has 4 nitrogen and oxygen atoms in total. The van der Waals surface area contributed by atoms with Crippen LogP contribution in [-0.4, -0.2) is 54.6 Å². The molecule has 0 bridgehead atoms. The summed E-state index contributed by atoms with van der Waals surface area (Å²) in [5, 5.41) is 0. The molecule has 1 saturated heterocycles. The molecule has 1 aromatic carbocycles. The fourth-order valence-electron chi connectivity index (χ4n) is 4.28. The number of hydrogen-bond donors (Lipinski definition) is 0. The summed E-state index contributed by atoms with van der Waals surface area (Å²) >= 11 is 2.59. The minimum Gasteiger partial charge on any atom is -0.378 e. The minimum absolute atomic E-state index is 0.157. The van der Waals surface area contributed by atoms with Crippen LogP contribution in [0.25, 0.3) is 0 Å². The Balaban J connectivity index is 1.52. The van der Waals surface area contributed by atoms with Crippen LogP contribution in [0.2, 0.25) is 0 Å². The maximum atomic E-state index is 12.7. The van der Waals surface area contributed by atoms with Crippen LogP contribution in [0.4, 0.5) is 0 Å². The molecule has 3 aliphatic rings. The normalized spacial score (nSPS) is 25.7. The molecule has 0 aromatic heterocycles. The Hall–Kier alpha value is -0.660. The van der Waals surface area contributed by atoms with Gasteiger partial charge in [-0.1, -0.05) is 41.5 Å². The van der Waals surface area contributed by atoms with Crippen molar-refractivity contribution >= 4 is 28.5 Å². The van der Waals surface area contributed by atoms with Crippen LogP contribution < -0.4 is 0 Å². The fourth-order valence-corrected chi connectivity index (χ4v) is 5.62. The van der Waals surface area contributed by atoms with Crippen LogP contribution >= 0.6 is 22.6 Å². The van der Waals surface area contributed by atoms with Crippen LogP contribution in [0.1, 0.15) is 51.2 Å². The number of rotatable bonds is 2. The molecule has 1 saturated carbocycles. The summed E-state index contributed by atoms with van der Waals surface area (Å²) in [5.74, 6) is 0.157. The smallest absolute Gasteiger partial charge is 0.254 e. The zero-order valence-corrected chi connectivity index (χ0v) is 16.2. The minimum atomic E-state index is 0.157. The lowest BCUT2D eigenvalue weighted by molar-refractivity contribution is 0.0302. The first kappa shape index (κ1) is 16.8. The SMILES string of the molecule is O=C(c1ccc2c(c1)CCN(C1CCCC1)C2I)N1CCOCC1. The molecule has 0 radical (unpaired) electrons. The first-order valence-corrected chi connectivity index (χ1v) is 10.4. The monoisotopic (exact) mass is 440 g/mol. The first-order valence-electron chi connectivity index (χ1n) is 9.14. The van der Waals surface area contributed by atoms with Gasteiger partial charge in [0.15, 0.2) is 0 Å². The average Bonchev–Trinajstić information content (AvgIpc) is 3.16. The van der Waals surface area contributed by atoms with Gasteiger partial charge in [-0.3, -0.25) is 9.69 Å². The molecule has 2 heterocycles. The molecular weight excluding hydrogens is 415 g/mol. The van der Waals surface area contributed by atoms with E-state index in [-0.39, 0.29) is 5.91 Å². The summed E-state index contributed by atoms with van der Waals surface area (Å²) in [6, 6.07) is 7.13. The molecule has 1 atom stereocenters. The van der Waals surface area contributed by atoms with Gasteiger partial charge in [0.2, 0.25) is 0 Å². The van der Waals surface area contributed by atoms with Crippen molar-refractivity contribution in [2.45, 2.75) is 42.2 Å². The van der Waals surface area contributed by atoms with Crippen molar-refractivity contribution in [2.24, 2.45) is 0 Å². The first-order chi connectivity index (χ1) is 11.7. The molecule has 4 rings (SSSR count). The second kappa shape index (κ2) is 7.30. The van der Waals surface area contributed by atoms with Crippen LogP contribution in [0, 0.1) is 0 Å². The van der Waals surface area contributed by atoms with Crippen molar-refractivity contribution in [1.29, 1.82) is 0 Å². The second-order valence-corrected chi connectivity index (χ2v) is 8.26. The Kier molecular flexibility index (Phi) is 5.10. The van der Waals surface area contributed by atoms with E-state index in [1.54, 1.807) is 0 Å². The number of nitrogens with zero attached hydrogens (tertiary/aromatic N) is 2. The maximum Gasteiger partial charge on any atom is 0.254 e. The standard InChI is InChI=1S/C19H25IN2O2/c20-18-17-6-5-15(19(23)21-9-11-24-12-10-21)13-14(17)7-8-22(18)16-3-1-2-4-16/h5-6,13,16,18H,1-4,7-12H2. The van der Waals surface area contributed by atoms with Crippen molar-refractivity contribution in [2.75, 3.05) is 32.8 Å². The Bertz CT molecular complexity index is 609. The Morgan fingerprint density at radius 2 is 1.88 bits per heavy atom. The van der Waals surface area contributed by atoms with Gasteiger partial charge < -0.3 is 9.64 Å². The van der Waals surface area contributed by atoms with E-state index in [9.17, 15) is 4.79 Å². The van der Waals surface area contributed by atoms with E-state index in [4.69, 9.17) is 4.74 Å². The lowest BCUT2D eigenvalue weighted by Gasteiger charge is -2.38. The summed E-state index contributed by atoms with van der Waals surface area (Å²) in [6.45, 7) is 3.85. The van der Waals surface area contributed by atoms with Gasteiger partial charge in [0.25, 0.3) is 5.91 Å². The molecule has 5 heteroatoms. The predicted octanol–water partition coefficient (Wildman–Crippen LogP) is 3.39. The van der Waals surface area contributed by atoms with Gasteiger partial charge in [-0.15, -0.1) is 0 Å². The molecule has 1 unspecified atom stereocenters. The van der Waals surface area contributed by atoms with Gasteiger partial charge in [0.1, 0.15) is 0 Å². The number of amides is 1. The zero-order valence-electron chi connectivity index (χ0n) is 14.0. The van der Waals surface area contributed by atoms with Crippen molar-refractivity contribution < 1.29 is 9.53 Å². The molecule has 1 aliphatic carbocycles. The van der Waals surface area contributed by atoms with Gasteiger partial charge in [-0.2, -0.15) is 0 Å². The Morgan fingerprint density at radius 3 is 2.62 bits per heavy atom. The van der Waals surface area contributed by atoms with E-state index < -0.39 is 0 Å². The Morgan fingerprint density at radius 1 is 1.12 bits per heavy atom. The van der Waals surface area contributed by atoms with E-state index in [2.05, 4.69) is 39.6 Å². The Labute approximate surface area is 157 Å². The summed E-state index contributed by atoms with van der Waals surface area (Å²) in [5.41, 5.74) is 3.61. The van der Waals surface area contributed by atoms with E-state index >= 15 is 0 Å².